The van der Waals surface area contributed by atoms with Crippen LogP contribution in [-0.2, 0) is 0 Å². The Morgan fingerprint density at radius 1 is 1.22 bits per heavy atom. The summed E-state index contributed by atoms with van der Waals surface area (Å²) >= 11 is 3.69. The molecule has 9 heavy (non-hydrogen) atoms. The number of halogens is 1. The van der Waals surface area contributed by atoms with E-state index >= 15 is 0 Å². The van der Waals surface area contributed by atoms with Gasteiger partial charge in [-0.3, -0.25) is 0 Å². The van der Waals surface area contributed by atoms with Crippen LogP contribution < -0.4 is 0 Å². The van der Waals surface area contributed by atoms with Crippen molar-refractivity contribution in [2.24, 2.45) is 0 Å². The normalized spacial score (nSPS) is 13.8. The Morgan fingerprint density at radius 2 is 1.78 bits per heavy atom. The Kier molecular flexibility index (Phi) is 5.04. The van der Waals surface area contributed by atoms with Crippen LogP contribution in [0.4, 0.5) is 0 Å². The molecular formula is C7H17BrS. The Hall–Kier alpha value is 0.830. The summed E-state index contributed by atoms with van der Waals surface area (Å²) in [5, 5.41) is 0. The summed E-state index contributed by atoms with van der Waals surface area (Å²) in [4.78, 5) is 0. The van der Waals surface area contributed by atoms with Crippen molar-refractivity contribution in [3.63, 3.8) is 0 Å². The maximum atomic E-state index is 3.69. The molecule has 0 aliphatic rings. The predicted octanol–water partition coefficient (Wildman–Crippen LogP) is 3.55. The average Bonchev–Trinajstić information content (AvgIpc) is 1.63. The molecule has 0 aliphatic carbocycles. The van der Waals surface area contributed by atoms with Crippen molar-refractivity contribution in [3.8, 4) is 0 Å². The summed E-state index contributed by atoms with van der Waals surface area (Å²) < 4.78 is 0. The van der Waals surface area contributed by atoms with E-state index in [0.717, 1.165) is 0 Å². The lowest BCUT2D eigenvalue weighted by Gasteiger charge is -2.21. The van der Waals surface area contributed by atoms with E-state index in [2.05, 4.69) is 34.2 Å². The number of hydrogen-bond acceptors (Lipinski definition) is 0. The van der Waals surface area contributed by atoms with Crippen LogP contribution in [0.15, 0.2) is 0 Å². The van der Waals surface area contributed by atoms with Crippen molar-refractivity contribution in [1.29, 1.82) is 0 Å². The highest BCUT2D eigenvalue weighted by atomic mass is 79.9. The van der Waals surface area contributed by atoms with Crippen molar-refractivity contribution >= 4 is 23.3 Å². The number of rotatable bonds is 4. The molecule has 58 valence electrons. The van der Waals surface area contributed by atoms with E-state index in [1.807, 2.05) is 0 Å². The second-order valence-corrected chi connectivity index (χ2v) is 11.3. The first-order chi connectivity index (χ1) is 4.06. The minimum Gasteiger partial charge on any atom is -0.189 e. The summed E-state index contributed by atoms with van der Waals surface area (Å²) in [5.74, 6) is 1.38. The highest BCUT2D eigenvalue weighted by Crippen LogP contribution is 2.48. The van der Waals surface area contributed by atoms with Crippen LogP contribution in [0.2, 0.25) is 0 Å². The molecule has 0 spiro atoms. The van der Waals surface area contributed by atoms with E-state index < -0.39 is 0 Å². The third kappa shape index (κ3) is 8.83. The van der Waals surface area contributed by atoms with Crippen LogP contribution >= 0.6 is 23.3 Å². The Morgan fingerprint density at radius 3 is 2.11 bits per heavy atom. The fourth-order valence-corrected chi connectivity index (χ4v) is 2.27. The summed E-state index contributed by atoms with van der Waals surface area (Å²) in [6.45, 7) is 2.25. The van der Waals surface area contributed by atoms with Crippen LogP contribution in [0.5, 0.6) is 0 Å². The molecule has 0 saturated carbocycles. The Balaban J connectivity index is 3.07. The van der Waals surface area contributed by atoms with E-state index in [0.29, 0.717) is 0 Å². The van der Waals surface area contributed by atoms with Gasteiger partial charge in [0.05, 0.1) is 0 Å². The molecule has 0 fully saturated rings. The zero-order valence-corrected chi connectivity index (χ0v) is 9.02. The maximum absolute atomic E-state index is 3.69. The van der Waals surface area contributed by atoms with Crippen molar-refractivity contribution in [2.45, 2.75) is 26.2 Å². The van der Waals surface area contributed by atoms with Gasteiger partial charge in [0.1, 0.15) is 0 Å². The van der Waals surface area contributed by atoms with Crippen molar-refractivity contribution in [3.05, 3.63) is 0 Å². The summed E-state index contributed by atoms with van der Waals surface area (Å²) in [6.07, 6.45) is 8.74. The van der Waals surface area contributed by atoms with Crippen molar-refractivity contribution in [1.82, 2.24) is 0 Å². The number of unbranched alkanes of at least 4 members (excludes halogenated alkanes) is 2. The fourth-order valence-electron chi connectivity index (χ4n) is 0.695. The van der Waals surface area contributed by atoms with Crippen LogP contribution in [-0.4, -0.2) is 18.3 Å². The lowest BCUT2D eigenvalue weighted by Crippen LogP contribution is -1.91. The monoisotopic (exact) mass is 212 g/mol. The zero-order valence-electron chi connectivity index (χ0n) is 6.61. The lowest BCUT2D eigenvalue weighted by atomic mass is 10.3. The molecule has 0 radical (unpaired) electrons. The first-order valence-corrected chi connectivity index (χ1v) is 7.93. The molecule has 0 unspecified atom stereocenters. The quantitative estimate of drug-likeness (QED) is 0.626. The molecule has 0 aromatic heterocycles. The van der Waals surface area contributed by atoms with Gasteiger partial charge < -0.3 is 0 Å². The van der Waals surface area contributed by atoms with E-state index in [1.165, 1.54) is 25.0 Å². The minimum atomic E-state index is -0.384. The van der Waals surface area contributed by atoms with Gasteiger partial charge in [0.25, 0.3) is 0 Å². The molecule has 0 rings (SSSR count). The van der Waals surface area contributed by atoms with Gasteiger partial charge in [-0.05, 0) is 39.5 Å². The highest BCUT2D eigenvalue weighted by Gasteiger charge is 2.03. The van der Waals surface area contributed by atoms with E-state index in [4.69, 9.17) is 0 Å². The molecule has 0 heterocycles. The van der Waals surface area contributed by atoms with Crippen LogP contribution in [0.3, 0.4) is 0 Å². The second-order valence-electron chi connectivity index (χ2n) is 2.81. The SMILES string of the molecule is CCCCCS(C)(C)Br. The molecular weight excluding hydrogens is 196 g/mol. The largest absolute Gasteiger partial charge is 0.189 e. The Bertz CT molecular complexity index is 65.8. The van der Waals surface area contributed by atoms with E-state index in [1.54, 1.807) is 0 Å². The molecule has 0 nitrogen and oxygen atoms in total. The number of hydrogen-bond donors (Lipinski definition) is 0. The predicted molar refractivity (Wildman–Crippen MR) is 52.8 cm³/mol. The minimum absolute atomic E-state index is 0.384. The lowest BCUT2D eigenvalue weighted by molar-refractivity contribution is 0.778. The van der Waals surface area contributed by atoms with Crippen molar-refractivity contribution < 1.29 is 0 Å². The average molecular weight is 213 g/mol. The third-order valence-electron chi connectivity index (χ3n) is 1.23. The topological polar surface area (TPSA) is 0 Å². The summed E-state index contributed by atoms with van der Waals surface area (Å²) in [6, 6.07) is 0. The van der Waals surface area contributed by atoms with Gasteiger partial charge in [-0.1, -0.05) is 19.8 Å². The highest BCUT2D eigenvalue weighted by molar-refractivity contribution is 9.58. The van der Waals surface area contributed by atoms with Gasteiger partial charge in [-0.15, -0.1) is 0 Å². The molecule has 0 aromatic rings. The summed E-state index contributed by atoms with van der Waals surface area (Å²) in [7, 11) is -0.384. The van der Waals surface area contributed by atoms with E-state index in [-0.39, 0.29) is 8.46 Å². The molecule has 0 atom stereocenters. The van der Waals surface area contributed by atoms with Gasteiger partial charge in [0, 0.05) is 0 Å². The molecule has 0 aromatic carbocycles. The zero-order chi connectivity index (χ0) is 7.33. The molecule has 0 aliphatic heterocycles. The molecule has 0 N–H and O–H groups in total. The maximum Gasteiger partial charge on any atom is -0.0141 e. The van der Waals surface area contributed by atoms with Crippen LogP contribution in [0.1, 0.15) is 26.2 Å². The Labute approximate surface area is 67.9 Å². The molecule has 0 bridgehead atoms. The molecule has 2 heteroatoms. The second kappa shape index (κ2) is 4.62. The third-order valence-corrected chi connectivity index (χ3v) is 3.46. The fraction of sp³-hybridized carbons (Fsp3) is 1.00. The summed E-state index contributed by atoms with van der Waals surface area (Å²) in [5.41, 5.74) is 0. The van der Waals surface area contributed by atoms with Gasteiger partial charge >= 0.3 is 0 Å². The van der Waals surface area contributed by atoms with Gasteiger partial charge in [-0.2, -0.15) is 8.46 Å². The van der Waals surface area contributed by atoms with Gasteiger partial charge in [0.15, 0.2) is 0 Å². The van der Waals surface area contributed by atoms with Gasteiger partial charge in [-0.25, -0.2) is 0 Å². The first-order valence-electron chi connectivity index (χ1n) is 3.47. The van der Waals surface area contributed by atoms with Crippen molar-refractivity contribution in [2.75, 3.05) is 18.3 Å². The van der Waals surface area contributed by atoms with Crippen LogP contribution in [0, 0.1) is 0 Å². The smallest absolute Gasteiger partial charge is 0.0141 e. The molecule has 0 saturated heterocycles. The first kappa shape index (κ1) is 9.83. The van der Waals surface area contributed by atoms with Gasteiger partial charge in [0.2, 0.25) is 0 Å². The van der Waals surface area contributed by atoms with E-state index in [9.17, 15) is 0 Å². The van der Waals surface area contributed by atoms with Crippen LogP contribution in [0.25, 0.3) is 0 Å². The standard InChI is InChI=1S/C7H17BrS/c1-4-5-6-7-9(2,3)8/h4-7H2,1-3H3. The molecule has 0 amide bonds.